The van der Waals surface area contributed by atoms with E-state index in [1.807, 2.05) is 0 Å². The Kier molecular flexibility index (Phi) is 1.67. The highest BCUT2D eigenvalue weighted by atomic mass is 16.6. The lowest BCUT2D eigenvalue weighted by Gasteiger charge is -2.41. The van der Waals surface area contributed by atoms with Crippen molar-refractivity contribution >= 4 is 6.09 Å². The smallest absolute Gasteiger partial charge is 0.409 e. The molecule has 0 unspecified atom stereocenters. The van der Waals surface area contributed by atoms with Gasteiger partial charge in [0.05, 0.1) is 6.61 Å². The van der Waals surface area contributed by atoms with Crippen molar-refractivity contribution in [1.82, 2.24) is 5.32 Å². The van der Waals surface area contributed by atoms with Crippen LogP contribution in [0.25, 0.3) is 0 Å². The summed E-state index contributed by atoms with van der Waals surface area (Å²) in [6, 6.07) is 0. The monoisotopic (exact) mass is 175 g/mol. The minimum absolute atomic E-state index is 0.0622. The Balaban J connectivity index is 2.16. The van der Waals surface area contributed by atoms with Crippen molar-refractivity contribution in [2.75, 3.05) is 6.61 Å². The Hall–Kier alpha value is -0.850. The van der Waals surface area contributed by atoms with Crippen LogP contribution in [0, 0.1) is 0 Å². The van der Waals surface area contributed by atoms with Crippen molar-refractivity contribution in [3.63, 3.8) is 0 Å². The molecule has 2 saturated heterocycles. The molecule has 0 aromatic heterocycles. The summed E-state index contributed by atoms with van der Waals surface area (Å²) in [6.07, 6.45) is -4.22. The molecule has 0 radical (unpaired) electrons. The van der Waals surface area contributed by atoms with Crippen LogP contribution >= 0.6 is 0 Å². The first-order chi connectivity index (χ1) is 5.68. The zero-order chi connectivity index (χ0) is 8.72. The molecule has 2 aliphatic heterocycles. The van der Waals surface area contributed by atoms with E-state index in [9.17, 15) is 15.0 Å². The molecule has 2 fully saturated rings. The predicted octanol–water partition coefficient (Wildman–Crippen LogP) is -1.83. The third-order valence-corrected chi connectivity index (χ3v) is 1.98. The topological polar surface area (TPSA) is 88.0 Å². The quantitative estimate of drug-likeness (QED) is 0.403. The van der Waals surface area contributed by atoms with E-state index in [2.05, 4.69) is 10.1 Å². The van der Waals surface area contributed by atoms with Crippen LogP contribution in [0.5, 0.6) is 0 Å². The fourth-order valence-electron chi connectivity index (χ4n) is 1.34. The lowest BCUT2D eigenvalue weighted by atomic mass is 10.0. The number of alkyl carbamates (subject to hydrolysis) is 1. The molecule has 0 spiro atoms. The highest BCUT2D eigenvalue weighted by molar-refractivity contribution is 5.68. The van der Waals surface area contributed by atoms with Crippen molar-refractivity contribution in [2.24, 2.45) is 0 Å². The molecule has 1 amide bonds. The third-order valence-electron chi connectivity index (χ3n) is 1.98. The van der Waals surface area contributed by atoms with E-state index in [0.29, 0.717) is 0 Å². The van der Waals surface area contributed by atoms with Crippen LogP contribution in [-0.2, 0) is 9.47 Å². The van der Waals surface area contributed by atoms with Gasteiger partial charge in [0.25, 0.3) is 0 Å². The Morgan fingerprint density at radius 3 is 3.00 bits per heavy atom. The molecule has 0 aromatic carbocycles. The van der Waals surface area contributed by atoms with Crippen LogP contribution in [0.4, 0.5) is 4.79 Å². The van der Waals surface area contributed by atoms with Gasteiger partial charge in [0, 0.05) is 0 Å². The van der Waals surface area contributed by atoms with E-state index in [-0.39, 0.29) is 6.61 Å². The van der Waals surface area contributed by atoms with Gasteiger partial charge in [0.15, 0.2) is 12.3 Å². The lowest BCUT2D eigenvalue weighted by molar-refractivity contribution is -0.212. The number of ether oxygens (including phenoxy) is 2. The zero-order valence-corrected chi connectivity index (χ0v) is 6.14. The van der Waals surface area contributed by atoms with Gasteiger partial charge in [-0.2, -0.15) is 0 Å². The Morgan fingerprint density at radius 1 is 1.50 bits per heavy atom. The molecule has 6 heteroatoms. The number of amides is 1. The summed E-state index contributed by atoms with van der Waals surface area (Å²) in [6.45, 7) is 0.0622. The van der Waals surface area contributed by atoms with E-state index < -0.39 is 30.6 Å². The normalized spacial score (nSPS) is 46.3. The molecule has 12 heavy (non-hydrogen) atoms. The summed E-state index contributed by atoms with van der Waals surface area (Å²) in [7, 11) is 0. The molecule has 0 saturated carbocycles. The van der Waals surface area contributed by atoms with Gasteiger partial charge >= 0.3 is 6.09 Å². The van der Waals surface area contributed by atoms with Gasteiger partial charge in [-0.05, 0) is 0 Å². The molecule has 3 N–H and O–H groups in total. The summed E-state index contributed by atoms with van der Waals surface area (Å²) in [5, 5.41) is 20.8. The fraction of sp³-hybridized carbons (Fsp3) is 0.833. The van der Waals surface area contributed by atoms with Crippen molar-refractivity contribution < 1.29 is 24.5 Å². The molecule has 2 aliphatic rings. The predicted molar refractivity (Wildman–Crippen MR) is 35.2 cm³/mol. The van der Waals surface area contributed by atoms with E-state index in [0.717, 1.165) is 0 Å². The number of hydrogen-bond acceptors (Lipinski definition) is 5. The van der Waals surface area contributed by atoms with E-state index >= 15 is 0 Å². The lowest BCUT2D eigenvalue weighted by Crippen LogP contribution is -2.65. The minimum Gasteiger partial charge on any atom is -0.440 e. The number of aliphatic hydroxyl groups is 2. The maximum atomic E-state index is 10.7. The largest absolute Gasteiger partial charge is 0.440 e. The first kappa shape index (κ1) is 7.78. The number of carbonyl (C=O) groups is 1. The van der Waals surface area contributed by atoms with Gasteiger partial charge in [-0.3, -0.25) is 5.32 Å². The van der Waals surface area contributed by atoms with Crippen LogP contribution in [0.1, 0.15) is 0 Å². The van der Waals surface area contributed by atoms with Crippen LogP contribution in [0.2, 0.25) is 0 Å². The van der Waals surface area contributed by atoms with Crippen LogP contribution in [0.3, 0.4) is 0 Å². The molecule has 2 rings (SSSR count). The molecule has 0 aromatic rings. The first-order valence-electron chi connectivity index (χ1n) is 3.63. The van der Waals surface area contributed by atoms with Crippen LogP contribution in [0.15, 0.2) is 0 Å². The summed E-state index contributed by atoms with van der Waals surface area (Å²) in [5.41, 5.74) is 0. The second kappa shape index (κ2) is 2.58. The van der Waals surface area contributed by atoms with Gasteiger partial charge < -0.3 is 19.7 Å². The van der Waals surface area contributed by atoms with E-state index in [1.54, 1.807) is 0 Å². The van der Waals surface area contributed by atoms with Crippen molar-refractivity contribution in [3.05, 3.63) is 0 Å². The second-order valence-electron chi connectivity index (χ2n) is 2.83. The second-order valence-corrected chi connectivity index (χ2v) is 2.83. The van der Waals surface area contributed by atoms with Gasteiger partial charge in [0.2, 0.25) is 0 Å². The van der Waals surface area contributed by atoms with Gasteiger partial charge in [-0.1, -0.05) is 0 Å². The summed E-state index contributed by atoms with van der Waals surface area (Å²) in [5.74, 6) is 0. The molecule has 68 valence electrons. The highest BCUT2D eigenvalue weighted by Crippen LogP contribution is 2.20. The molecule has 0 aliphatic carbocycles. The van der Waals surface area contributed by atoms with Gasteiger partial charge in [0.1, 0.15) is 12.2 Å². The zero-order valence-electron chi connectivity index (χ0n) is 6.14. The number of aliphatic hydroxyl groups excluding tert-OH is 2. The average molecular weight is 175 g/mol. The van der Waals surface area contributed by atoms with Gasteiger partial charge in [-0.25, -0.2) is 4.79 Å². The molecule has 2 heterocycles. The molecule has 6 nitrogen and oxygen atoms in total. The molecule has 4 atom stereocenters. The molecular formula is C6H9NO5. The standard InChI is InChI=1S/C6H9NO5/c8-2-1-11-5-3(9)4(2)12-6(10)7-5/h2-5,8-9H,1H2,(H,7,10)/t2-,3+,4-,5+/m1/s1. The highest BCUT2D eigenvalue weighted by Gasteiger charge is 2.45. The molecule has 2 bridgehead atoms. The number of nitrogens with one attached hydrogen (secondary N) is 1. The summed E-state index contributed by atoms with van der Waals surface area (Å²) < 4.78 is 9.58. The van der Waals surface area contributed by atoms with Crippen molar-refractivity contribution in [3.8, 4) is 0 Å². The minimum atomic E-state index is -0.994. The van der Waals surface area contributed by atoms with Crippen LogP contribution < -0.4 is 5.32 Å². The average Bonchev–Trinajstić information content (AvgIpc) is 2.01. The third kappa shape index (κ3) is 1.04. The maximum absolute atomic E-state index is 10.7. The van der Waals surface area contributed by atoms with Crippen LogP contribution in [-0.4, -0.2) is 47.5 Å². The Bertz CT molecular complexity index is 208. The van der Waals surface area contributed by atoms with Crippen molar-refractivity contribution in [2.45, 2.75) is 24.5 Å². The van der Waals surface area contributed by atoms with Gasteiger partial charge in [-0.15, -0.1) is 0 Å². The molecular weight excluding hydrogens is 166 g/mol. The Labute approximate surface area is 68.1 Å². The van der Waals surface area contributed by atoms with E-state index in [4.69, 9.17) is 4.74 Å². The Morgan fingerprint density at radius 2 is 2.25 bits per heavy atom. The summed E-state index contributed by atoms with van der Waals surface area (Å²) >= 11 is 0. The first-order valence-corrected chi connectivity index (χ1v) is 3.63. The fourth-order valence-corrected chi connectivity index (χ4v) is 1.34. The van der Waals surface area contributed by atoms with Crippen molar-refractivity contribution in [1.29, 1.82) is 0 Å². The maximum Gasteiger partial charge on any atom is 0.409 e. The SMILES string of the molecule is O=C1N[C@H]2OC[C@@H](O)[C@@H](O1)[C@@H]2O. The number of rotatable bonds is 0. The number of hydrogen-bond donors (Lipinski definition) is 3. The summed E-state index contributed by atoms with van der Waals surface area (Å²) in [4.78, 5) is 10.7. The number of carbonyl (C=O) groups excluding carboxylic acids is 1. The van der Waals surface area contributed by atoms with E-state index in [1.165, 1.54) is 0 Å². The number of fused-ring (bicyclic) bond motifs is 2.